The van der Waals surface area contributed by atoms with Gasteiger partial charge in [0.25, 0.3) is 5.56 Å². The molecule has 0 saturated carbocycles. The summed E-state index contributed by atoms with van der Waals surface area (Å²) in [4.78, 5) is 36.7. The first kappa shape index (κ1) is 19.9. The smallest absolute Gasteiger partial charge is 0.321 e. The van der Waals surface area contributed by atoms with Gasteiger partial charge in [0.1, 0.15) is 0 Å². The Kier molecular flexibility index (Phi) is 5.98. The van der Waals surface area contributed by atoms with E-state index < -0.39 is 17.2 Å². The molecule has 3 amide bonds. The number of urea groups is 1. The minimum absolute atomic E-state index is 0.115. The van der Waals surface area contributed by atoms with Gasteiger partial charge in [-0.25, -0.2) is 4.79 Å². The zero-order valence-electron chi connectivity index (χ0n) is 15.9. The maximum absolute atomic E-state index is 12.8. The van der Waals surface area contributed by atoms with Crippen molar-refractivity contribution in [3.05, 3.63) is 34.6 Å². The fourth-order valence-electron chi connectivity index (χ4n) is 2.86. The molecule has 2 N–H and O–H groups in total. The third kappa shape index (κ3) is 3.72. The maximum atomic E-state index is 12.8. The van der Waals surface area contributed by atoms with Crippen LogP contribution >= 0.6 is 11.8 Å². The summed E-state index contributed by atoms with van der Waals surface area (Å²) in [6.07, 6.45) is 0.772. The second-order valence-corrected chi connectivity index (χ2v) is 7.51. The third-order valence-electron chi connectivity index (χ3n) is 4.15. The van der Waals surface area contributed by atoms with Crippen molar-refractivity contribution in [1.29, 1.82) is 0 Å². The largest absolute Gasteiger partial charge is 0.338 e. The Morgan fingerprint density at radius 3 is 2.68 bits per heavy atom. The van der Waals surface area contributed by atoms with Crippen molar-refractivity contribution in [3.8, 4) is 0 Å². The molecule has 0 fully saturated rings. The number of rotatable bonds is 6. The molecular weight excluding hydrogens is 380 g/mol. The highest BCUT2D eigenvalue weighted by Crippen LogP contribution is 2.25. The van der Waals surface area contributed by atoms with Crippen molar-refractivity contribution in [2.75, 3.05) is 6.54 Å². The van der Waals surface area contributed by atoms with E-state index in [-0.39, 0.29) is 5.56 Å². The molecule has 28 heavy (non-hydrogen) atoms. The normalized spacial score (nSPS) is 12.2. The second kappa shape index (κ2) is 8.42. The molecule has 0 spiro atoms. The van der Waals surface area contributed by atoms with E-state index in [1.807, 2.05) is 25.1 Å². The topological polar surface area (TPSA) is 110 Å². The Hall–Kier alpha value is -2.88. The molecule has 1 aromatic carbocycles. The Labute approximate surface area is 165 Å². The number of hydrogen-bond acceptors (Lipinski definition) is 6. The molecule has 1 atom stereocenters. The van der Waals surface area contributed by atoms with E-state index in [0.717, 1.165) is 6.42 Å². The second-order valence-electron chi connectivity index (χ2n) is 6.20. The Bertz CT molecular complexity index is 1090. The lowest BCUT2D eigenvalue weighted by Gasteiger charge is -2.12. The zero-order valence-corrected chi connectivity index (χ0v) is 16.7. The van der Waals surface area contributed by atoms with Gasteiger partial charge in [-0.2, -0.15) is 0 Å². The molecule has 9 nitrogen and oxygen atoms in total. The standard InChI is InChI=1S/C18H22N6O3S/c1-4-10-23-15(26)12-8-6-7-9-13(12)24-17(23)21-22-18(24)28-11(3)14(25)20-16(27)19-5-2/h6-9,11H,4-5,10H2,1-3H3,(H2,19,20,25,27). The van der Waals surface area contributed by atoms with Crippen molar-refractivity contribution >= 4 is 40.4 Å². The number of benzene rings is 1. The Balaban J connectivity index is 2.02. The number of amides is 3. The average molecular weight is 402 g/mol. The van der Waals surface area contributed by atoms with E-state index in [2.05, 4.69) is 20.8 Å². The summed E-state index contributed by atoms with van der Waals surface area (Å²) in [6.45, 7) is 6.38. The van der Waals surface area contributed by atoms with E-state index in [1.54, 1.807) is 28.9 Å². The number of nitrogens with one attached hydrogen (secondary N) is 2. The summed E-state index contributed by atoms with van der Waals surface area (Å²) in [5.74, 6) is 0.00303. The fraction of sp³-hybridized carbons (Fsp3) is 0.389. The number of thioether (sulfide) groups is 1. The van der Waals surface area contributed by atoms with Crippen LogP contribution in [0.4, 0.5) is 4.79 Å². The van der Waals surface area contributed by atoms with Crippen LogP contribution in [-0.4, -0.2) is 42.9 Å². The number of aromatic nitrogens is 4. The van der Waals surface area contributed by atoms with Crippen LogP contribution in [0.3, 0.4) is 0 Å². The highest BCUT2D eigenvalue weighted by atomic mass is 32.2. The maximum Gasteiger partial charge on any atom is 0.321 e. The summed E-state index contributed by atoms with van der Waals surface area (Å²) in [5.41, 5.74) is 0.564. The molecule has 0 aliphatic heterocycles. The minimum Gasteiger partial charge on any atom is -0.338 e. The van der Waals surface area contributed by atoms with Gasteiger partial charge in [-0.15, -0.1) is 10.2 Å². The van der Waals surface area contributed by atoms with Gasteiger partial charge in [0.2, 0.25) is 11.7 Å². The van der Waals surface area contributed by atoms with Crippen LogP contribution in [-0.2, 0) is 11.3 Å². The lowest BCUT2D eigenvalue weighted by atomic mass is 10.2. The fourth-order valence-corrected chi connectivity index (χ4v) is 3.72. The summed E-state index contributed by atoms with van der Waals surface area (Å²) in [6, 6.07) is 6.71. The summed E-state index contributed by atoms with van der Waals surface area (Å²) >= 11 is 1.18. The molecule has 0 aliphatic carbocycles. The lowest BCUT2D eigenvalue weighted by molar-refractivity contribution is -0.119. The molecule has 0 bridgehead atoms. The number of aryl methyl sites for hydroxylation is 1. The first-order chi connectivity index (χ1) is 13.5. The van der Waals surface area contributed by atoms with E-state index in [1.165, 1.54) is 11.8 Å². The van der Waals surface area contributed by atoms with E-state index >= 15 is 0 Å². The Morgan fingerprint density at radius 1 is 1.21 bits per heavy atom. The van der Waals surface area contributed by atoms with Crippen molar-refractivity contribution in [3.63, 3.8) is 0 Å². The first-order valence-corrected chi connectivity index (χ1v) is 9.97. The molecule has 2 heterocycles. The van der Waals surface area contributed by atoms with Crippen LogP contribution in [0.15, 0.2) is 34.2 Å². The molecule has 1 unspecified atom stereocenters. The minimum atomic E-state index is -0.583. The molecule has 10 heteroatoms. The quantitative estimate of drug-likeness (QED) is 0.608. The number of carbonyl (C=O) groups is 2. The van der Waals surface area contributed by atoms with Crippen LogP contribution in [0.2, 0.25) is 0 Å². The number of imide groups is 1. The van der Waals surface area contributed by atoms with Crippen molar-refractivity contribution in [2.45, 2.75) is 44.1 Å². The zero-order chi connectivity index (χ0) is 20.3. The van der Waals surface area contributed by atoms with Gasteiger partial charge in [-0.1, -0.05) is 30.8 Å². The molecule has 148 valence electrons. The van der Waals surface area contributed by atoms with Gasteiger partial charge in [0.15, 0.2) is 5.16 Å². The SMILES string of the molecule is CCCn1c(=O)c2ccccc2n2c(SC(C)C(=O)NC(=O)NCC)nnc12. The molecule has 0 radical (unpaired) electrons. The summed E-state index contributed by atoms with van der Waals surface area (Å²) < 4.78 is 3.38. The van der Waals surface area contributed by atoms with Gasteiger partial charge in [0, 0.05) is 13.1 Å². The predicted octanol–water partition coefficient (Wildman–Crippen LogP) is 1.78. The average Bonchev–Trinajstić information content (AvgIpc) is 3.08. The van der Waals surface area contributed by atoms with Crippen LogP contribution in [0.5, 0.6) is 0 Å². The Morgan fingerprint density at radius 2 is 1.96 bits per heavy atom. The summed E-state index contributed by atoms with van der Waals surface area (Å²) in [7, 11) is 0. The number of hydrogen-bond donors (Lipinski definition) is 2. The van der Waals surface area contributed by atoms with Crippen LogP contribution < -0.4 is 16.2 Å². The number of para-hydroxylation sites is 1. The van der Waals surface area contributed by atoms with E-state index in [9.17, 15) is 14.4 Å². The molecule has 2 aromatic heterocycles. The molecular formula is C18H22N6O3S. The van der Waals surface area contributed by atoms with Gasteiger partial charge in [-0.3, -0.25) is 23.9 Å². The van der Waals surface area contributed by atoms with Crippen LogP contribution in [0, 0.1) is 0 Å². The van der Waals surface area contributed by atoms with Crippen molar-refractivity contribution < 1.29 is 9.59 Å². The van der Waals surface area contributed by atoms with Crippen LogP contribution in [0.25, 0.3) is 16.7 Å². The summed E-state index contributed by atoms with van der Waals surface area (Å²) in [5, 5.41) is 13.7. The highest BCUT2D eigenvalue weighted by molar-refractivity contribution is 8.00. The number of nitrogens with zero attached hydrogens (tertiary/aromatic N) is 4. The van der Waals surface area contributed by atoms with Gasteiger partial charge in [0.05, 0.1) is 16.2 Å². The molecule has 3 aromatic rings. The predicted molar refractivity (Wildman–Crippen MR) is 108 cm³/mol. The molecule has 0 saturated heterocycles. The molecule has 3 rings (SSSR count). The number of fused-ring (bicyclic) bond motifs is 3. The van der Waals surface area contributed by atoms with Crippen molar-refractivity contribution in [1.82, 2.24) is 29.8 Å². The monoisotopic (exact) mass is 402 g/mol. The molecule has 0 aliphatic rings. The number of carbonyl (C=O) groups excluding carboxylic acids is 2. The van der Waals surface area contributed by atoms with Gasteiger partial charge >= 0.3 is 6.03 Å². The van der Waals surface area contributed by atoms with E-state index in [0.29, 0.717) is 34.9 Å². The van der Waals surface area contributed by atoms with Crippen molar-refractivity contribution in [2.24, 2.45) is 0 Å². The lowest BCUT2D eigenvalue weighted by Crippen LogP contribution is -2.42. The first-order valence-electron chi connectivity index (χ1n) is 9.09. The van der Waals surface area contributed by atoms with E-state index in [4.69, 9.17) is 0 Å². The van der Waals surface area contributed by atoms with Gasteiger partial charge in [-0.05, 0) is 32.4 Å². The van der Waals surface area contributed by atoms with Crippen LogP contribution in [0.1, 0.15) is 27.2 Å². The third-order valence-corrected chi connectivity index (χ3v) is 5.19. The van der Waals surface area contributed by atoms with Gasteiger partial charge < -0.3 is 5.32 Å². The highest BCUT2D eigenvalue weighted by Gasteiger charge is 2.22.